The van der Waals surface area contributed by atoms with Crippen LogP contribution in [0.2, 0.25) is 0 Å². The largest absolute Gasteiger partial charge is 0.311 e. The predicted octanol–water partition coefficient (Wildman–Crippen LogP) is 15.9. The molecule has 0 N–H and O–H groups in total. The highest BCUT2D eigenvalue weighted by Crippen LogP contribution is 2.56. The molecule has 0 spiro atoms. The van der Waals surface area contributed by atoms with E-state index in [9.17, 15) is 0 Å². The molecule has 0 fully saturated rings. The number of fused-ring (bicyclic) bond motifs is 9. The lowest BCUT2D eigenvalue weighted by Crippen LogP contribution is -2.60. The zero-order valence-electron chi connectivity index (χ0n) is 43.6. The van der Waals surface area contributed by atoms with Gasteiger partial charge in [-0.3, -0.25) is 0 Å². The molecule has 2 aliphatic heterocycles. The molecule has 11 rings (SSSR count). The van der Waals surface area contributed by atoms with Crippen molar-refractivity contribution in [3.05, 3.63) is 123 Å². The Morgan fingerprint density at radius 1 is 0.485 bits per heavy atom. The van der Waals surface area contributed by atoms with E-state index in [0.717, 1.165) is 0 Å². The van der Waals surface area contributed by atoms with E-state index in [4.69, 9.17) is 0 Å². The van der Waals surface area contributed by atoms with Gasteiger partial charge in [-0.25, -0.2) is 0 Å². The van der Waals surface area contributed by atoms with E-state index < -0.39 is 0 Å². The third kappa shape index (κ3) is 6.31. The average molecular weight is 891 g/mol. The van der Waals surface area contributed by atoms with Crippen LogP contribution >= 0.6 is 11.3 Å². The molecule has 0 bridgehead atoms. The first kappa shape index (κ1) is 44.2. The summed E-state index contributed by atoms with van der Waals surface area (Å²) in [5.41, 5.74) is 24.8. The van der Waals surface area contributed by atoms with Crippen molar-refractivity contribution in [3.63, 3.8) is 0 Å². The Labute approximate surface area is 402 Å². The fraction of sp³-hybridized carbons (Fsp3) is 0.484. The first-order chi connectivity index (χ1) is 30.6. The zero-order valence-corrected chi connectivity index (χ0v) is 44.4. The Morgan fingerprint density at radius 3 is 1.56 bits per heavy atom. The molecule has 5 aromatic carbocycles. The molecule has 2 nitrogen and oxygen atoms in total. The highest BCUT2D eigenvalue weighted by molar-refractivity contribution is 7.33. The number of rotatable bonds is 2. The quantitative estimate of drug-likeness (QED) is 0.160. The third-order valence-corrected chi connectivity index (χ3v) is 19.4. The van der Waals surface area contributed by atoms with E-state index in [2.05, 4.69) is 212 Å². The highest BCUT2D eigenvalue weighted by atomic mass is 32.1. The number of aryl methyl sites for hydroxylation is 2. The molecule has 0 saturated carbocycles. The van der Waals surface area contributed by atoms with Crippen molar-refractivity contribution >= 4 is 78.0 Å². The number of anilines is 6. The molecular weight excluding hydrogens is 816 g/mol. The van der Waals surface area contributed by atoms with E-state index in [0.29, 0.717) is 0 Å². The van der Waals surface area contributed by atoms with Gasteiger partial charge in [0.1, 0.15) is 0 Å². The summed E-state index contributed by atoms with van der Waals surface area (Å²) in [4.78, 5) is 5.46. The van der Waals surface area contributed by atoms with Crippen LogP contribution in [0.3, 0.4) is 0 Å². The van der Waals surface area contributed by atoms with E-state index in [-0.39, 0.29) is 44.6 Å². The normalized spacial score (nSPS) is 21.1. The van der Waals surface area contributed by atoms with Gasteiger partial charge in [0.2, 0.25) is 0 Å². The van der Waals surface area contributed by atoms with Crippen molar-refractivity contribution in [2.75, 3.05) is 9.80 Å². The van der Waals surface area contributed by atoms with Crippen molar-refractivity contribution in [3.8, 4) is 0 Å². The van der Waals surface area contributed by atoms with Crippen LogP contribution in [0.15, 0.2) is 72.8 Å². The Bertz CT molecular complexity index is 3070. The second kappa shape index (κ2) is 13.7. The number of thiophene rings is 1. The molecule has 0 amide bonds. The van der Waals surface area contributed by atoms with Crippen molar-refractivity contribution < 1.29 is 0 Å². The number of benzene rings is 5. The first-order valence-electron chi connectivity index (χ1n) is 25.4. The van der Waals surface area contributed by atoms with Crippen LogP contribution in [-0.2, 0) is 37.9 Å². The lowest BCUT2D eigenvalue weighted by molar-refractivity contribution is 0.332. The fourth-order valence-electron chi connectivity index (χ4n) is 13.3. The molecule has 6 aromatic rings. The van der Waals surface area contributed by atoms with Gasteiger partial charge in [0.15, 0.2) is 0 Å². The molecule has 3 aliphatic carbocycles. The van der Waals surface area contributed by atoms with Crippen LogP contribution in [-0.4, -0.2) is 6.71 Å². The minimum absolute atomic E-state index is 0.00277. The highest BCUT2D eigenvalue weighted by Gasteiger charge is 2.48. The zero-order chi connectivity index (χ0) is 47.2. The predicted molar refractivity (Wildman–Crippen MR) is 290 cm³/mol. The topological polar surface area (TPSA) is 6.48 Å². The van der Waals surface area contributed by atoms with E-state index in [1.807, 2.05) is 0 Å². The van der Waals surface area contributed by atoms with Crippen LogP contribution in [0.5, 0.6) is 0 Å². The van der Waals surface area contributed by atoms with Crippen LogP contribution in [0.1, 0.15) is 192 Å². The SMILES string of the molecule is Cc1cc2c3c(c1)N(c1ccc4c(c1)C(C)(C)CCC4(C)C)c1c(sc4cc5c(cc14)C(C)(C)CCC5(C)C)B3c1cc(C(C)(C)C)ccc1N2c1cc2c(cc1C)C(C)(C)CCC2(C)C. The van der Waals surface area contributed by atoms with Gasteiger partial charge in [-0.05, 0) is 200 Å². The maximum atomic E-state index is 2.75. The second-order valence-electron chi connectivity index (χ2n) is 26.8. The summed E-state index contributed by atoms with van der Waals surface area (Å²) in [6, 6.07) is 30.7. The van der Waals surface area contributed by atoms with E-state index >= 15 is 0 Å². The first-order valence-corrected chi connectivity index (χ1v) is 26.2. The molecule has 0 atom stereocenters. The van der Waals surface area contributed by atoms with Gasteiger partial charge in [0.25, 0.3) is 6.71 Å². The number of nitrogens with zero attached hydrogens (tertiary/aromatic N) is 2. The van der Waals surface area contributed by atoms with E-state index in [1.54, 1.807) is 5.56 Å². The van der Waals surface area contributed by atoms with Crippen LogP contribution in [0, 0.1) is 13.8 Å². The summed E-state index contributed by atoms with van der Waals surface area (Å²) < 4.78 is 2.90. The molecule has 0 unspecified atom stereocenters. The minimum atomic E-state index is -0.00277. The van der Waals surface area contributed by atoms with Crippen molar-refractivity contribution in [1.82, 2.24) is 0 Å². The van der Waals surface area contributed by atoms with Gasteiger partial charge in [0.05, 0.1) is 5.69 Å². The summed E-state index contributed by atoms with van der Waals surface area (Å²) in [5.74, 6) is 0. The Morgan fingerprint density at radius 2 is 0.985 bits per heavy atom. The van der Waals surface area contributed by atoms with Crippen LogP contribution in [0.4, 0.5) is 34.1 Å². The minimum Gasteiger partial charge on any atom is -0.311 e. The fourth-order valence-corrected chi connectivity index (χ4v) is 14.7. The lowest BCUT2D eigenvalue weighted by Gasteiger charge is -2.46. The molecule has 3 heterocycles. The van der Waals surface area contributed by atoms with Crippen LogP contribution in [0.25, 0.3) is 10.1 Å². The second-order valence-corrected chi connectivity index (χ2v) is 27.9. The molecule has 66 heavy (non-hydrogen) atoms. The smallest absolute Gasteiger partial charge is 0.264 e. The molecule has 4 heteroatoms. The Hall–Kier alpha value is -4.28. The molecule has 1 aromatic heterocycles. The molecule has 5 aliphatic rings. The van der Waals surface area contributed by atoms with Gasteiger partial charge in [-0.2, -0.15) is 0 Å². The van der Waals surface area contributed by atoms with Crippen molar-refractivity contribution in [1.29, 1.82) is 0 Å². The van der Waals surface area contributed by atoms with Gasteiger partial charge in [-0.1, -0.05) is 128 Å². The van der Waals surface area contributed by atoms with Gasteiger partial charge >= 0.3 is 0 Å². The molecular formula is C62H75BN2S. The standard InChI is InChI=1S/C62H75BN2S/c1-36-28-50-53-51(29-36)65(49-34-45-42(30-37(49)2)58(8,9)24-26-61(45,14)15)48-21-18-38(56(3,4)5)31-47(48)63(53)55-54(40-33-44-46(35-52(40)66-55)62(16,17)27-25-60(44,12)13)64(50)39-19-20-41-43(32-39)59(10,11)23-22-57(41,6)7/h18-21,28-35H,22-27H2,1-17H3. The summed E-state index contributed by atoms with van der Waals surface area (Å²) >= 11 is 2.08. The van der Waals surface area contributed by atoms with Crippen molar-refractivity contribution in [2.24, 2.45) is 0 Å². The maximum Gasteiger partial charge on any atom is 0.264 e. The molecule has 0 radical (unpaired) electrons. The maximum absolute atomic E-state index is 2.75. The molecule has 342 valence electrons. The average Bonchev–Trinajstić information content (AvgIpc) is 3.60. The summed E-state index contributed by atoms with van der Waals surface area (Å²) in [6.07, 6.45) is 7.22. The van der Waals surface area contributed by atoms with Crippen molar-refractivity contribution in [2.45, 2.75) is 194 Å². The van der Waals surface area contributed by atoms with Gasteiger partial charge < -0.3 is 9.80 Å². The summed E-state index contributed by atoms with van der Waals surface area (Å²) in [5, 5.41) is 1.41. The summed E-state index contributed by atoms with van der Waals surface area (Å²) in [6.45, 7) is 41.7. The van der Waals surface area contributed by atoms with Gasteiger partial charge in [0, 0.05) is 43.3 Å². The Kier molecular flexibility index (Phi) is 9.19. The number of hydrogen-bond donors (Lipinski definition) is 0. The summed E-state index contributed by atoms with van der Waals surface area (Å²) in [7, 11) is 0. The lowest BCUT2D eigenvalue weighted by atomic mass is 9.36. The van der Waals surface area contributed by atoms with Gasteiger partial charge in [-0.15, -0.1) is 11.3 Å². The Balaban J connectivity index is 1.27. The van der Waals surface area contributed by atoms with E-state index in [1.165, 1.54) is 143 Å². The van der Waals surface area contributed by atoms with Crippen LogP contribution < -0.4 is 25.5 Å². The third-order valence-electron chi connectivity index (χ3n) is 18.1. The number of hydrogen-bond acceptors (Lipinski definition) is 3. The monoisotopic (exact) mass is 891 g/mol. The molecule has 0 saturated heterocycles.